The van der Waals surface area contributed by atoms with E-state index in [1.54, 1.807) is 24.3 Å². The number of halogens is 1. The average molecular weight is 393 g/mol. The van der Waals surface area contributed by atoms with Crippen LogP contribution in [0.1, 0.15) is 0 Å². The molecular weight excluding hydrogens is 377 g/mol. The van der Waals surface area contributed by atoms with E-state index >= 15 is 0 Å². The zero-order valence-electron chi connectivity index (χ0n) is 14.7. The first-order valence-electron chi connectivity index (χ1n) is 8.55. The Kier molecular flexibility index (Phi) is 4.99. The summed E-state index contributed by atoms with van der Waals surface area (Å²) in [5.74, 6) is -0.199. The third-order valence-electron chi connectivity index (χ3n) is 4.10. The zero-order chi connectivity index (χ0) is 19.5. The van der Waals surface area contributed by atoms with Crippen LogP contribution < -0.4 is 5.32 Å². The molecule has 28 heavy (non-hydrogen) atoms. The van der Waals surface area contributed by atoms with Crippen LogP contribution in [-0.4, -0.2) is 26.3 Å². The number of nitrogens with zero attached hydrogens (tertiary/aromatic N) is 2. The molecule has 0 saturated carbocycles. The van der Waals surface area contributed by atoms with Gasteiger partial charge in [0, 0.05) is 11.4 Å². The van der Waals surface area contributed by atoms with Crippen molar-refractivity contribution in [1.29, 1.82) is 0 Å². The summed E-state index contributed by atoms with van der Waals surface area (Å²) in [6, 6.07) is 20.1. The molecule has 0 radical (unpaired) electrons. The second-order valence-corrected chi connectivity index (χ2v) is 7.02. The molecule has 0 saturated heterocycles. The van der Waals surface area contributed by atoms with E-state index in [9.17, 15) is 14.3 Å². The molecule has 3 aromatic carbocycles. The largest absolute Gasteiger partial charge is 0.508 e. The Morgan fingerprint density at radius 1 is 1.04 bits per heavy atom. The lowest BCUT2D eigenvalue weighted by Gasteiger charge is -2.09. The number of aromatic hydroxyl groups is 1. The number of nitrogens with one attached hydrogen (secondary N) is 1. The molecule has 0 aliphatic rings. The summed E-state index contributed by atoms with van der Waals surface area (Å²) in [6.07, 6.45) is 0. The standard InChI is InChI=1S/C21H16FN3O2S/c22-14-5-9-16(10-6-14)25-19-4-2-1-3-18(19)24-21(25)28-13-20(27)23-15-7-11-17(26)12-8-15/h1-12,26H,13H2,(H,23,27). The topological polar surface area (TPSA) is 67.2 Å². The van der Waals surface area contributed by atoms with Crippen molar-refractivity contribution in [3.63, 3.8) is 0 Å². The summed E-state index contributed by atoms with van der Waals surface area (Å²) in [5.41, 5.74) is 3.07. The maximum Gasteiger partial charge on any atom is 0.234 e. The van der Waals surface area contributed by atoms with Gasteiger partial charge in [-0.25, -0.2) is 9.37 Å². The van der Waals surface area contributed by atoms with Gasteiger partial charge in [0.1, 0.15) is 11.6 Å². The van der Waals surface area contributed by atoms with Crippen LogP contribution in [0.25, 0.3) is 16.7 Å². The number of carbonyl (C=O) groups is 1. The fourth-order valence-corrected chi connectivity index (χ4v) is 3.64. The van der Waals surface area contributed by atoms with Crippen molar-refractivity contribution in [3.8, 4) is 11.4 Å². The van der Waals surface area contributed by atoms with E-state index in [0.29, 0.717) is 10.8 Å². The summed E-state index contributed by atoms with van der Waals surface area (Å²) >= 11 is 1.30. The first-order chi connectivity index (χ1) is 13.6. The van der Waals surface area contributed by atoms with Gasteiger partial charge in [-0.1, -0.05) is 23.9 Å². The Labute approximate surface area is 164 Å². The molecule has 1 heterocycles. The Balaban J connectivity index is 1.58. The molecule has 0 aliphatic carbocycles. The van der Waals surface area contributed by atoms with Crippen LogP contribution in [0, 0.1) is 5.82 Å². The second-order valence-electron chi connectivity index (χ2n) is 6.08. The van der Waals surface area contributed by atoms with Crippen molar-refractivity contribution < 1.29 is 14.3 Å². The molecule has 7 heteroatoms. The Bertz CT molecular complexity index is 1120. The highest BCUT2D eigenvalue weighted by molar-refractivity contribution is 7.99. The summed E-state index contributed by atoms with van der Waals surface area (Å²) in [5, 5.41) is 12.7. The fourth-order valence-electron chi connectivity index (χ4n) is 2.81. The van der Waals surface area contributed by atoms with Crippen molar-refractivity contribution in [2.75, 3.05) is 11.1 Å². The molecule has 0 spiro atoms. The SMILES string of the molecule is O=C(CSc1nc2ccccc2n1-c1ccc(F)cc1)Nc1ccc(O)cc1. The van der Waals surface area contributed by atoms with Crippen molar-refractivity contribution in [1.82, 2.24) is 9.55 Å². The maximum absolute atomic E-state index is 13.3. The molecule has 1 aromatic heterocycles. The number of para-hydroxylation sites is 2. The van der Waals surface area contributed by atoms with Crippen molar-refractivity contribution in [2.24, 2.45) is 0 Å². The normalized spacial score (nSPS) is 10.9. The van der Waals surface area contributed by atoms with Gasteiger partial charge in [0.05, 0.1) is 16.8 Å². The van der Waals surface area contributed by atoms with E-state index in [2.05, 4.69) is 10.3 Å². The predicted molar refractivity (Wildman–Crippen MR) is 108 cm³/mol. The van der Waals surface area contributed by atoms with Gasteiger partial charge in [0.25, 0.3) is 0 Å². The lowest BCUT2D eigenvalue weighted by Crippen LogP contribution is -2.14. The molecule has 4 aromatic rings. The predicted octanol–water partition coefficient (Wildman–Crippen LogP) is 4.60. The smallest absolute Gasteiger partial charge is 0.234 e. The highest BCUT2D eigenvalue weighted by atomic mass is 32.2. The van der Waals surface area contributed by atoms with Crippen LogP contribution in [0.2, 0.25) is 0 Å². The molecule has 0 aliphatic heterocycles. The molecule has 4 rings (SSSR count). The number of fused-ring (bicyclic) bond motifs is 1. The Hall–Kier alpha value is -3.32. The number of anilines is 1. The summed E-state index contributed by atoms with van der Waals surface area (Å²) < 4.78 is 15.2. The van der Waals surface area contributed by atoms with E-state index in [4.69, 9.17) is 0 Å². The van der Waals surface area contributed by atoms with Crippen LogP contribution >= 0.6 is 11.8 Å². The molecule has 0 atom stereocenters. The summed E-state index contributed by atoms with van der Waals surface area (Å²) in [4.78, 5) is 16.9. The van der Waals surface area contributed by atoms with Crippen LogP contribution in [-0.2, 0) is 4.79 Å². The van der Waals surface area contributed by atoms with Crippen molar-refractivity contribution in [2.45, 2.75) is 5.16 Å². The molecule has 140 valence electrons. The first kappa shape index (κ1) is 18.1. The minimum absolute atomic E-state index is 0.139. The fraction of sp³-hybridized carbons (Fsp3) is 0.0476. The van der Waals surface area contributed by atoms with E-state index in [-0.39, 0.29) is 23.2 Å². The summed E-state index contributed by atoms with van der Waals surface area (Å²) in [7, 11) is 0. The van der Waals surface area contributed by atoms with E-state index in [1.807, 2.05) is 28.8 Å². The number of phenols is 1. The number of amides is 1. The Morgan fingerprint density at radius 2 is 1.75 bits per heavy atom. The lowest BCUT2D eigenvalue weighted by atomic mass is 10.3. The van der Waals surface area contributed by atoms with Gasteiger partial charge in [-0.3, -0.25) is 9.36 Å². The van der Waals surface area contributed by atoms with Gasteiger partial charge in [-0.05, 0) is 60.7 Å². The van der Waals surface area contributed by atoms with E-state index < -0.39 is 0 Å². The molecule has 5 nitrogen and oxygen atoms in total. The minimum Gasteiger partial charge on any atom is -0.508 e. The van der Waals surface area contributed by atoms with Crippen LogP contribution in [0.15, 0.2) is 78.0 Å². The lowest BCUT2D eigenvalue weighted by molar-refractivity contribution is -0.113. The Morgan fingerprint density at radius 3 is 2.50 bits per heavy atom. The van der Waals surface area contributed by atoms with Crippen molar-refractivity contribution >= 4 is 34.4 Å². The van der Waals surface area contributed by atoms with Gasteiger partial charge >= 0.3 is 0 Å². The number of carbonyl (C=O) groups excluding carboxylic acids is 1. The highest BCUT2D eigenvalue weighted by Crippen LogP contribution is 2.28. The number of thioether (sulfide) groups is 1. The minimum atomic E-state index is -0.310. The summed E-state index contributed by atoms with van der Waals surface area (Å²) in [6.45, 7) is 0. The van der Waals surface area contributed by atoms with Gasteiger partial charge in [0.2, 0.25) is 5.91 Å². The van der Waals surface area contributed by atoms with Crippen molar-refractivity contribution in [3.05, 3.63) is 78.6 Å². The molecule has 2 N–H and O–H groups in total. The third-order valence-corrected chi connectivity index (χ3v) is 5.04. The number of hydrogen-bond donors (Lipinski definition) is 2. The number of benzene rings is 3. The number of phenolic OH excluding ortho intramolecular Hbond substituents is 1. The molecular formula is C21H16FN3O2S. The van der Waals surface area contributed by atoms with Gasteiger partial charge < -0.3 is 10.4 Å². The highest BCUT2D eigenvalue weighted by Gasteiger charge is 2.14. The maximum atomic E-state index is 13.3. The molecule has 0 unspecified atom stereocenters. The van der Waals surface area contributed by atoms with Gasteiger partial charge in [-0.15, -0.1) is 0 Å². The van der Waals surface area contributed by atoms with Crippen LogP contribution in [0.4, 0.5) is 10.1 Å². The van der Waals surface area contributed by atoms with Crippen LogP contribution in [0.3, 0.4) is 0 Å². The molecule has 1 amide bonds. The quantitative estimate of drug-likeness (QED) is 0.384. The molecule has 0 fully saturated rings. The van der Waals surface area contributed by atoms with E-state index in [1.165, 1.54) is 36.0 Å². The number of hydrogen-bond acceptors (Lipinski definition) is 4. The first-order valence-corrected chi connectivity index (χ1v) is 9.54. The van der Waals surface area contributed by atoms with Gasteiger partial charge in [-0.2, -0.15) is 0 Å². The number of aromatic nitrogens is 2. The number of rotatable bonds is 5. The second kappa shape index (κ2) is 7.74. The van der Waals surface area contributed by atoms with Gasteiger partial charge in [0.15, 0.2) is 5.16 Å². The van der Waals surface area contributed by atoms with Crippen LogP contribution in [0.5, 0.6) is 5.75 Å². The number of imidazole rings is 1. The van der Waals surface area contributed by atoms with E-state index in [0.717, 1.165) is 16.7 Å². The zero-order valence-corrected chi connectivity index (χ0v) is 15.5. The molecule has 0 bridgehead atoms. The average Bonchev–Trinajstić information content (AvgIpc) is 3.07. The third kappa shape index (κ3) is 3.84. The monoisotopic (exact) mass is 393 g/mol.